The Balaban J connectivity index is 2.53. The summed E-state index contributed by atoms with van der Waals surface area (Å²) in [4.78, 5) is 12.0. The van der Waals surface area contributed by atoms with E-state index in [0.717, 1.165) is 17.7 Å². The first-order chi connectivity index (χ1) is 13.4. The number of nitrogens with one attached hydrogen (secondary N) is 1. The highest BCUT2D eigenvalue weighted by atomic mass is 32.2. The number of anilines is 1. The van der Waals surface area contributed by atoms with Gasteiger partial charge in [-0.05, 0) is 51.1 Å². The van der Waals surface area contributed by atoms with Gasteiger partial charge >= 0.3 is 6.18 Å². The Kier molecular flexibility index (Phi) is 6.68. The predicted octanol–water partition coefficient (Wildman–Crippen LogP) is 3.72. The Labute approximate surface area is 167 Å². The highest BCUT2D eigenvalue weighted by Crippen LogP contribution is 2.33. The van der Waals surface area contributed by atoms with Gasteiger partial charge in [0.25, 0.3) is 15.9 Å². The molecule has 2 aromatic carbocycles. The van der Waals surface area contributed by atoms with Gasteiger partial charge in [0.2, 0.25) is 0 Å². The smallest absolute Gasteiger partial charge is 0.271 e. The van der Waals surface area contributed by atoms with E-state index in [1.54, 1.807) is 32.9 Å². The molecule has 0 aliphatic heterocycles. The molecule has 0 unspecified atom stereocenters. The molecule has 10 heteroatoms. The topological polar surface area (TPSA) is 78.8 Å². The van der Waals surface area contributed by atoms with Crippen LogP contribution in [0, 0.1) is 6.92 Å². The zero-order valence-corrected chi connectivity index (χ0v) is 16.8. The number of hydrogen-bond donors (Lipinski definition) is 1. The summed E-state index contributed by atoms with van der Waals surface area (Å²) in [6, 6.07) is 9.57. The van der Waals surface area contributed by atoms with Crippen molar-refractivity contribution in [2.24, 2.45) is 5.10 Å². The summed E-state index contributed by atoms with van der Waals surface area (Å²) in [5, 5.41) is 3.71. The van der Waals surface area contributed by atoms with Crippen LogP contribution in [0.5, 0.6) is 0 Å². The second kappa shape index (κ2) is 8.64. The van der Waals surface area contributed by atoms with Gasteiger partial charge in [0, 0.05) is 5.71 Å². The van der Waals surface area contributed by atoms with Crippen LogP contribution in [0.4, 0.5) is 18.9 Å². The van der Waals surface area contributed by atoms with Crippen LogP contribution in [-0.2, 0) is 21.0 Å². The Hall–Kier alpha value is -2.88. The summed E-state index contributed by atoms with van der Waals surface area (Å²) in [6.07, 6.45) is -4.67. The normalized spacial score (nSPS) is 11.7. The first kappa shape index (κ1) is 22.4. The van der Waals surface area contributed by atoms with E-state index in [2.05, 4.69) is 10.5 Å². The van der Waals surface area contributed by atoms with Gasteiger partial charge in [0.05, 0.1) is 16.1 Å². The third-order valence-electron chi connectivity index (χ3n) is 3.76. The number of halogens is 3. The first-order valence-electron chi connectivity index (χ1n) is 8.47. The van der Waals surface area contributed by atoms with Gasteiger partial charge in [0.1, 0.15) is 6.54 Å². The van der Waals surface area contributed by atoms with E-state index in [1.807, 2.05) is 0 Å². The molecule has 0 saturated carbocycles. The van der Waals surface area contributed by atoms with Crippen molar-refractivity contribution in [1.29, 1.82) is 0 Å². The van der Waals surface area contributed by atoms with Gasteiger partial charge in [-0.1, -0.05) is 23.8 Å². The number of rotatable bonds is 6. The van der Waals surface area contributed by atoms with Crippen molar-refractivity contribution in [3.63, 3.8) is 0 Å². The molecule has 2 aromatic rings. The van der Waals surface area contributed by atoms with Crippen LogP contribution in [0.15, 0.2) is 58.5 Å². The fourth-order valence-corrected chi connectivity index (χ4v) is 3.74. The second-order valence-electron chi connectivity index (χ2n) is 6.47. The molecule has 1 N–H and O–H groups in total. The van der Waals surface area contributed by atoms with Crippen LogP contribution >= 0.6 is 0 Å². The van der Waals surface area contributed by atoms with Crippen LogP contribution in [0.2, 0.25) is 0 Å². The van der Waals surface area contributed by atoms with Gasteiger partial charge in [-0.3, -0.25) is 9.10 Å². The minimum absolute atomic E-state index is 0.150. The molecule has 0 aliphatic carbocycles. The van der Waals surface area contributed by atoms with Crippen molar-refractivity contribution in [3.8, 4) is 0 Å². The summed E-state index contributed by atoms with van der Waals surface area (Å²) in [5.41, 5.74) is 2.19. The number of sulfonamides is 1. The van der Waals surface area contributed by atoms with E-state index in [-0.39, 0.29) is 10.6 Å². The zero-order valence-electron chi connectivity index (χ0n) is 16.0. The average molecular weight is 427 g/mol. The Morgan fingerprint density at radius 1 is 1.10 bits per heavy atom. The molecule has 0 aromatic heterocycles. The molecule has 0 saturated heterocycles. The maximum Gasteiger partial charge on any atom is 0.416 e. The number of hydrogen-bond acceptors (Lipinski definition) is 4. The molecule has 0 aliphatic rings. The molecule has 0 radical (unpaired) electrons. The molecule has 6 nitrogen and oxygen atoms in total. The Bertz CT molecular complexity index is 1010. The molecule has 0 heterocycles. The average Bonchev–Trinajstić information content (AvgIpc) is 2.64. The van der Waals surface area contributed by atoms with Crippen molar-refractivity contribution < 1.29 is 26.4 Å². The van der Waals surface area contributed by atoms with Gasteiger partial charge in [-0.2, -0.15) is 18.3 Å². The molecule has 156 valence electrons. The molecular weight excluding hydrogens is 407 g/mol. The van der Waals surface area contributed by atoms with Crippen LogP contribution in [0.1, 0.15) is 25.0 Å². The standard InChI is InChI=1S/C19H20F3N3O3S/c1-13(2)23-24-18(26)12-25(16-6-4-5-15(11-16)19(20,21)22)29(27,28)17-9-7-14(3)8-10-17/h4-11H,12H2,1-3H3,(H,24,26). The molecule has 0 bridgehead atoms. The summed E-state index contributed by atoms with van der Waals surface area (Å²) in [5.74, 6) is -0.792. The maximum atomic E-state index is 13.1. The van der Waals surface area contributed by atoms with E-state index in [1.165, 1.54) is 18.2 Å². The second-order valence-corrected chi connectivity index (χ2v) is 8.33. The van der Waals surface area contributed by atoms with E-state index < -0.39 is 34.2 Å². The lowest BCUT2D eigenvalue weighted by Gasteiger charge is -2.24. The summed E-state index contributed by atoms with van der Waals surface area (Å²) >= 11 is 0. The summed E-state index contributed by atoms with van der Waals surface area (Å²) < 4.78 is 66.1. The zero-order chi connectivity index (χ0) is 21.8. The van der Waals surface area contributed by atoms with E-state index in [9.17, 15) is 26.4 Å². The van der Waals surface area contributed by atoms with Crippen molar-refractivity contribution in [2.75, 3.05) is 10.8 Å². The van der Waals surface area contributed by atoms with Crippen LogP contribution in [-0.4, -0.2) is 26.6 Å². The fourth-order valence-electron chi connectivity index (χ4n) is 2.33. The molecule has 0 atom stereocenters. The summed E-state index contributed by atoms with van der Waals surface area (Å²) in [7, 11) is -4.31. The van der Waals surface area contributed by atoms with Crippen molar-refractivity contribution in [3.05, 3.63) is 59.7 Å². The molecule has 1 amide bonds. The van der Waals surface area contributed by atoms with Crippen LogP contribution < -0.4 is 9.73 Å². The lowest BCUT2D eigenvalue weighted by Crippen LogP contribution is -2.39. The highest BCUT2D eigenvalue weighted by Gasteiger charge is 2.33. The number of nitrogens with zero attached hydrogens (tertiary/aromatic N) is 2. The maximum absolute atomic E-state index is 13.1. The SMILES string of the molecule is CC(C)=NNC(=O)CN(c1cccc(C(F)(F)F)c1)S(=O)(=O)c1ccc(C)cc1. The number of amides is 1. The largest absolute Gasteiger partial charge is 0.416 e. The predicted molar refractivity (Wildman–Crippen MR) is 104 cm³/mol. The fraction of sp³-hybridized carbons (Fsp3) is 0.263. The van der Waals surface area contributed by atoms with Gasteiger partial charge < -0.3 is 0 Å². The minimum Gasteiger partial charge on any atom is -0.271 e. The Morgan fingerprint density at radius 3 is 2.28 bits per heavy atom. The molecule has 29 heavy (non-hydrogen) atoms. The third-order valence-corrected chi connectivity index (χ3v) is 5.55. The molecule has 0 fully saturated rings. The van der Waals surface area contributed by atoms with Crippen molar-refractivity contribution >= 4 is 27.3 Å². The van der Waals surface area contributed by atoms with E-state index >= 15 is 0 Å². The van der Waals surface area contributed by atoms with Gasteiger partial charge in [0.15, 0.2) is 0 Å². The first-order valence-corrected chi connectivity index (χ1v) is 9.91. The number of benzene rings is 2. The number of alkyl halides is 3. The van der Waals surface area contributed by atoms with Crippen molar-refractivity contribution in [1.82, 2.24) is 5.43 Å². The van der Waals surface area contributed by atoms with Gasteiger partial charge in [-0.15, -0.1) is 0 Å². The molecule has 0 spiro atoms. The lowest BCUT2D eigenvalue weighted by atomic mass is 10.2. The Morgan fingerprint density at radius 2 is 1.72 bits per heavy atom. The number of hydrazone groups is 1. The quantitative estimate of drug-likeness (QED) is 0.564. The highest BCUT2D eigenvalue weighted by molar-refractivity contribution is 7.92. The van der Waals surface area contributed by atoms with Crippen LogP contribution in [0.25, 0.3) is 0 Å². The monoisotopic (exact) mass is 427 g/mol. The number of carbonyl (C=O) groups is 1. The number of aryl methyl sites for hydroxylation is 1. The lowest BCUT2D eigenvalue weighted by molar-refractivity contribution is -0.137. The van der Waals surface area contributed by atoms with Crippen LogP contribution in [0.3, 0.4) is 0 Å². The van der Waals surface area contributed by atoms with E-state index in [4.69, 9.17) is 0 Å². The molecule has 2 rings (SSSR count). The minimum atomic E-state index is -4.67. The van der Waals surface area contributed by atoms with E-state index in [0.29, 0.717) is 16.1 Å². The van der Waals surface area contributed by atoms with Gasteiger partial charge in [-0.25, -0.2) is 13.8 Å². The number of carbonyl (C=O) groups excluding carboxylic acids is 1. The van der Waals surface area contributed by atoms with Crippen molar-refractivity contribution in [2.45, 2.75) is 31.8 Å². The third kappa shape index (κ3) is 5.80. The summed E-state index contributed by atoms with van der Waals surface area (Å²) in [6.45, 7) is 4.26. The molecular formula is C19H20F3N3O3S.